The third-order valence-corrected chi connectivity index (χ3v) is 2.84. The van der Waals surface area contributed by atoms with E-state index in [9.17, 15) is 4.79 Å². The minimum Gasteiger partial charge on any atom is -0.493 e. The molecule has 0 amide bonds. The lowest BCUT2D eigenvalue weighted by Gasteiger charge is -2.09. The van der Waals surface area contributed by atoms with Gasteiger partial charge in [-0.05, 0) is 32.9 Å². The lowest BCUT2D eigenvalue weighted by molar-refractivity contribution is -0.144. The number of hydrogen-bond acceptors (Lipinski definition) is 5. The standard InChI is InChI=1S/C14H19ClN2O3/c1-4-19-13-8-6-7-12(15)11(13)9-16-17-10(3)14(18)20-5-2/h6-8,10H,4-5,9H2,1-3H3. The van der Waals surface area contributed by atoms with Crippen LogP contribution in [0.15, 0.2) is 28.4 Å². The lowest BCUT2D eigenvalue weighted by Crippen LogP contribution is -2.17. The Morgan fingerprint density at radius 2 is 2.10 bits per heavy atom. The molecule has 1 rings (SSSR count). The van der Waals surface area contributed by atoms with Gasteiger partial charge in [-0.15, -0.1) is 0 Å². The third-order valence-electron chi connectivity index (χ3n) is 2.49. The average molecular weight is 299 g/mol. The van der Waals surface area contributed by atoms with Crippen molar-refractivity contribution in [3.8, 4) is 5.75 Å². The normalized spacial score (nSPS) is 12.4. The molecule has 1 unspecified atom stereocenters. The lowest BCUT2D eigenvalue weighted by atomic mass is 10.2. The summed E-state index contributed by atoms with van der Waals surface area (Å²) in [4.78, 5) is 11.4. The van der Waals surface area contributed by atoms with Crippen molar-refractivity contribution in [3.63, 3.8) is 0 Å². The van der Waals surface area contributed by atoms with Crippen LogP contribution in [0, 0.1) is 0 Å². The maximum Gasteiger partial charge on any atom is 0.332 e. The van der Waals surface area contributed by atoms with E-state index in [-0.39, 0.29) is 12.5 Å². The summed E-state index contributed by atoms with van der Waals surface area (Å²) in [5, 5.41) is 8.49. The topological polar surface area (TPSA) is 60.2 Å². The van der Waals surface area contributed by atoms with Crippen LogP contribution in [0.4, 0.5) is 0 Å². The molecular formula is C14H19ClN2O3. The first-order valence-corrected chi connectivity index (χ1v) is 6.91. The van der Waals surface area contributed by atoms with Gasteiger partial charge in [0.2, 0.25) is 0 Å². The van der Waals surface area contributed by atoms with E-state index < -0.39 is 6.04 Å². The Bertz CT molecular complexity index is 477. The molecule has 1 atom stereocenters. The molecule has 0 aromatic heterocycles. The summed E-state index contributed by atoms with van der Waals surface area (Å²) >= 11 is 6.12. The van der Waals surface area contributed by atoms with Crippen molar-refractivity contribution >= 4 is 17.6 Å². The first kappa shape index (κ1) is 16.4. The fourth-order valence-corrected chi connectivity index (χ4v) is 1.75. The Balaban J connectivity index is 2.71. The van der Waals surface area contributed by atoms with Crippen LogP contribution in [0.2, 0.25) is 5.02 Å². The molecule has 0 bridgehead atoms. The van der Waals surface area contributed by atoms with Crippen LogP contribution in [0.5, 0.6) is 5.75 Å². The minimum absolute atomic E-state index is 0.263. The van der Waals surface area contributed by atoms with Crippen molar-refractivity contribution in [1.82, 2.24) is 0 Å². The monoisotopic (exact) mass is 298 g/mol. The molecule has 0 radical (unpaired) electrons. The number of esters is 1. The molecule has 0 fully saturated rings. The molecule has 0 saturated carbocycles. The van der Waals surface area contributed by atoms with Gasteiger partial charge in [-0.3, -0.25) is 0 Å². The number of benzene rings is 1. The van der Waals surface area contributed by atoms with Gasteiger partial charge in [0.25, 0.3) is 0 Å². The maximum absolute atomic E-state index is 11.4. The number of halogens is 1. The van der Waals surface area contributed by atoms with E-state index in [0.717, 1.165) is 5.56 Å². The van der Waals surface area contributed by atoms with E-state index in [2.05, 4.69) is 10.2 Å². The summed E-state index contributed by atoms with van der Waals surface area (Å²) in [7, 11) is 0. The third kappa shape index (κ3) is 4.81. The van der Waals surface area contributed by atoms with Crippen LogP contribution in [-0.4, -0.2) is 25.2 Å². The molecule has 20 heavy (non-hydrogen) atoms. The van der Waals surface area contributed by atoms with E-state index in [0.29, 0.717) is 24.0 Å². The molecule has 6 heteroatoms. The largest absolute Gasteiger partial charge is 0.493 e. The molecule has 0 aliphatic heterocycles. The summed E-state index contributed by atoms with van der Waals surface area (Å²) in [6.45, 7) is 6.42. The first-order chi connectivity index (χ1) is 9.60. The summed E-state index contributed by atoms with van der Waals surface area (Å²) < 4.78 is 10.3. The maximum atomic E-state index is 11.4. The number of carbonyl (C=O) groups excluding carboxylic acids is 1. The van der Waals surface area contributed by atoms with Gasteiger partial charge in [0.1, 0.15) is 5.75 Å². The molecule has 0 N–H and O–H groups in total. The molecule has 110 valence electrons. The van der Waals surface area contributed by atoms with E-state index >= 15 is 0 Å². The molecule has 0 aliphatic carbocycles. The van der Waals surface area contributed by atoms with Gasteiger partial charge in [0.15, 0.2) is 6.04 Å². The van der Waals surface area contributed by atoms with Crippen LogP contribution in [0.3, 0.4) is 0 Å². The number of hydrogen-bond donors (Lipinski definition) is 0. The molecule has 5 nitrogen and oxygen atoms in total. The van der Waals surface area contributed by atoms with Crippen molar-refractivity contribution in [3.05, 3.63) is 28.8 Å². The van der Waals surface area contributed by atoms with E-state index in [1.807, 2.05) is 19.1 Å². The SMILES string of the molecule is CCOC(=O)C(C)N=NCc1c(Cl)cccc1OCC. The fraction of sp³-hybridized carbons (Fsp3) is 0.500. The molecule has 0 spiro atoms. The summed E-state index contributed by atoms with van der Waals surface area (Å²) in [6, 6.07) is 4.79. The van der Waals surface area contributed by atoms with Crippen LogP contribution in [0.1, 0.15) is 26.3 Å². The Labute approximate surface area is 123 Å². The predicted octanol–water partition coefficient (Wildman–Crippen LogP) is 3.64. The number of rotatable bonds is 7. The highest BCUT2D eigenvalue weighted by atomic mass is 35.5. The first-order valence-electron chi connectivity index (χ1n) is 6.53. The van der Waals surface area contributed by atoms with Crippen LogP contribution < -0.4 is 4.74 Å². The summed E-state index contributed by atoms with van der Waals surface area (Å²) in [5.74, 6) is 0.295. The van der Waals surface area contributed by atoms with Crippen LogP contribution >= 0.6 is 11.6 Å². The van der Waals surface area contributed by atoms with Crippen molar-refractivity contribution in [2.24, 2.45) is 10.2 Å². The highest BCUT2D eigenvalue weighted by Crippen LogP contribution is 2.27. The van der Waals surface area contributed by atoms with Gasteiger partial charge in [-0.25, -0.2) is 4.79 Å². The second kappa shape index (κ2) is 8.53. The number of azo groups is 1. The van der Waals surface area contributed by atoms with Crippen molar-refractivity contribution < 1.29 is 14.3 Å². The van der Waals surface area contributed by atoms with Gasteiger partial charge < -0.3 is 9.47 Å². The minimum atomic E-state index is -0.618. The van der Waals surface area contributed by atoms with Gasteiger partial charge in [-0.2, -0.15) is 10.2 Å². The molecule has 0 aliphatic rings. The molecule has 1 aromatic carbocycles. The Morgan fingerprint density at radius 1 is 1.35 bits per heavy atom. The van der Waals surface area contributed by atoms with Crippen LogP contribution in [0.25, 0.3) is 0 Å². The smallest absolute Gasteiger partial charge is 0.332 e. The predicted molar refractivity (Wildman–Crippen MR) is 77.3 cm³/mol. The second-order valence-electron chi connectivity index (χ2n) is 3.99. The highest BCUT2D eigenvalue weighted by molar-refractivity contribution is 6.31. The summed E-state index contributed by atoms with van der Waals surface area (Å²) in [5.41, 5.74) is 0.760. The van der Waals surface area contributed by atoms with Crippen molar-refractivity contribution in [1.29, 1.82) is 0 Å². The molecule has 1 aromatic rings. The number of nitrogens with zero attached hydrogens (tertiary/aromatic N) is 2. The molecule has 0 saturated heterocycles. The number of ether oxygens (including phenoxy) is 2. The Morgan fingerprint density at radius 3 is 2.75 bits per heavy atom. The zero-order valence-electron chi connectivity index (χ0n) is 11.9. The van der Waals surface area contributed by atoms with Crippen molar-refractivity contribution in [2.45, 2.75) is 33.4 Å². The van der Waals surface area contributed by atoms with Gasteiger partial charge in [0.05, 0.1) is 19.8 Å². The van der Waals surface area contributed by atoms with E-state index in [1.54, 1.807) is 19.9 Å². The zero-order valence-corrected chi connectivity index (χ0v) is 12.7. The average Bonchev–Trinajstić information content (AvgIpc) is 2.42. The Kier molecular flexibility index (Phi) is 7.01. The fourth-order valence-electron chi connectivity index (χ4n) is 1.53. The summed E-state index contributed by atoms with van der Waals surface area (Å²) in [6.07, 6.45) is 0. The van der Waals surface area contributed by atoms with Crippen molar-refractivity contribution in [2.75, 3.05) is 13.2 Å². The number of carbonyl (C=O) groups is 1. The van der Waals surface area contributed by atoms with Gasteiger partial charge in [0, 0.05) is 10.6 Å². The molecular weight excluding hydrogens is 280 g/mol. The highest BCUT2D eigenvalue weighted by Gasteiger charge is 2.13. The quantitative estimate of drug-likeness (QED) is 0.570. The van der Waals surface area contributed by atoms with Gasteiger partial charge in [-0.1, -0.05) is 17.7 Å². The van der Waals surface area contributed by atoms with Crippen LogP contribution in [-0.2, 0) is 16.1 Å². The van der Waals surface area contributed by atoms with E-state index in [4.69, 9.17) is 21.1 Å². The van der Waals surface area contributed by atoms with Gasteiger partial charge >= 0.3 is 5.97 Å². The molecule has 0 heterocycles. The second-order valence-corrected chi connectivity index (χ2v) is 4.40. The van der Waals surface area contributed by atoms with E-state index in [1.165, 1.54) is 0 Å². The Hall–Kier alpha value is -1.62. The zero-order chi connectivity index (χ0) is 15.0.